The Morgan fingerprint density at radius 1 is 1.04 bits per heavy atom. The van der Waals surface area contributed by atoms with Gasteiger partial charge in [-0.2, -0.15) is 0 Å². The van der Waals surface area contributed by atoms with Crippen molar-refractivity contribution in [1.29, 1.82) is 0 Å². The Bertz CT molecular complexity index is 1040. The lowest BCUT2D eigenvalue weighted by atomic mass is 10.1. The number of aromatic hydroxyl groups is 1. The number of H-pyrrole nitrogens is 2. The zero-order chi connectivity index (χ0) is 17.9. The molecule has 0 saturated carbocycles. The number of para-hydroxylation sites is 1. The SMILES string of the molecule is O=c1[nH]c(O)c(Cc2ccc(OCCc3cc4ccccc4[nH]3)cc2)s1. The number of aromatic amines is 2. The van der Waals surface area contributed by atoms with Crippen LogP contribution in [0.1, 0.15) is 16.1 Å². The molecule has 0 spiro atoms. The molecule has 0 atom stereocenters. The van der Waals surface area contributed by atoms with Gasteiger partial charge in [-0.05, 0) is 35.2 Å². The van der Waals surface area contributed by atoms with Gasteiger partial charge < -0.3 is 14.8 Å². The number of benzene rings is 2. The van der Waals surface area contributed by atoms with E-state index in [2.05, 4.69) is 28.2 Å². The van der Waals surface area contributed by atoms with E-state index in [1.165, 1.54) is 5.39 Å². The van der Waals surface area contributed by atoms with Crippen LogP contribution < -0.4 is 9.61 Å². The molecule has 0 radical (unpaired) electrons. The summed E-state index contributed by atoms with van der Waals surface area (Å²) in [5, 5.41) is 10.9. The van der Waals surface area contributed by atoms with Crippen LogP contribution in [0.15, 0.2) is 59.4 Å². The predicted molar refractivity (Wildman–Crippen MR) is 103 cm³/mol. The van der Waals surface area contributed by atoms with Gasteiger partial charge in [0.05, 0.1) is 11.5 Å². The highest BCUT2D eigenvalue weighted by Crippen LogP contribution is 2.22. The van der Waals surface area contributed by atoms with Crippen LogP contribution in [0.4, 0.5) is 0 Å². The van der Waals surface area contributed by atoms with E-state index in [0.29, 0.717) is 17.9 Å². The van der Waals surface area contributed by atoms with Gasteiger partial charge in [-0.3, -0.25) is 9.78 Å². The Morgan fingerprint density at radius 3 is 2.58 bits per heavy atom. The van der Waals surface area contributed by atoms with E-state index in [0.717, 1.165) is 40.3 Å². The highest BCUT2D eigenvalue weighted by Gasteiger charge is 2.08. The van der Waals surface area contributed by atoms with Crippen LogP contribution in [0.2, 0.25) is 0 Å². The van der Waals surface area contributed by atoms with E-state index in [9.17, 15) is 9.90 Å². The number of nitrogens with one attached hydrogen (secondary N) is 2. The fourth-order valence-electron chi connectivity index (χ4n) is 2.91. The molecule has 4 rings (SSSR count). The maximum atomic E-state index is 11.2. The van der Waals surface area contributed by atoms with Gasteiger partial charge in [-0.15, -0.1) is 0 Å². The second-order valence-corrected chi connectivity index (χ2v) is 7.16. The first-order chi connectivity index (χ1) is 12.7. The van der Waals surface area contributed by atoms with Crippen molar-refractivity contribution >= 4 is 22.2 Å². The molecule has 0 amide bonds. The fraction of sp³-hybridized carbons (Fsp3) is 0.150. The monoisotopic (exact) mass is 366 g/mol. The number of thiazole rings is 1. The number of aromatic nitrogens is 2. The van der Waals surface area contributed by atoms with Gasteiger partial charge in [-0.25, -0.2) is 0 Å². The molecule has 0 aliphatic carbocycles. The second-order valence-electron chi connectivity index (χ2n) is 6.09. The van der Waals surface area contributed by atoms with Crippen LogP contribution in [-0.2, 0) is 12.8 Å². The number of fused-ring (bicyclic) bond motifs is 1. The van der Waals surface area contributed by atoms with Crippen molar-refractivity contribution in [1.82, 2.24) is 9.97 Å². The Labute approximate surface area is 153 Å². The van der Waals surface area contributed by atoms with E-state index in [1.54, 1.807) is 0 Å². The molecule has 2 aromatic heterocycles. The van der Waals surface area contributed by atoms with Gasteiger partial charge in [0.25, 0.3) is 0 Å². The van der Waals surface area contributed by atoms with Crippen LogP contribution >= 0.6 is 11.3 Å². The van der Waals surface area contributed by atoms with Gasteiger partial charge in [0.15, 0.2) is 0 Å². The summed E-state index contributed by atoms with van der Waals surface area (Å²) in [6, 6.07) is 18.1. The van der Waals surface area contributed by atoms with Gasteiger partial charge in [0.1, 0.15) is 5.75 Å². The highest BCUT2D eigenvalue weighted by molar-refractivity contribution is 7.09. The minimum absolute atomic E-state index is 0.0429. The Morgan fingerprint density at radius 2 is 1.85 bits per heavy atom. The number of hydrogen-bond donors (Lipinski definition) is 3. The molecule has 0 aliphatic rings. The summed E-state index contributed by atoms with van der Waals surface area (Å²) in [4.78, 5) is 17.4. The first-order valence-corrected chi connectivity index (χ1v) is 9.18. The lowest BCUT2D eigenvalue weighted by Gasteiger charge is -2.06. The molecule has 0 saturated heterocycles. The predicted octanol–water partition coefficient (Wildman–Crippen LogP) is 3.84. The molecule has 6 heteroatoms. The summed E-state index contributed by atoms with van der Waals surface area (Å²) in [7, 11) is 0. The van der Waals surface area contributed by atoms with Crippen LogP contribution in [-0.4, -0.2) is 21.7 Å². The zero-order valence-corrected chi connectivity index (χ0v) is 14.8. The first kappa shape index (κ1) is 16.5. The molecule has 0 bridgehead atoms. The molecule has 26 heavy (non-hydrogen) atoms. The fourth-order valence-corrected chi connectivity index (χ4v) is 3.67. The molecule has 3 N–H and O–H groups in total. The van der Waals surface area contributed by atoms with E-state index in [4.69, 9.17) is 4.74 Å². The lowest BCUT2D eigenvalue weighted by molar-refractivity contribution is 0.321. The summed E-state index contributed by atoms with van der Waals surface area (Å²) >= 11 is 1.03. The van der Waals surface area contributed by atoms with Crippen molar-refractivity contribution < 1.29 is 9.84 Å². The molecule has 132 valence electrons. The largest absolute Gasteiger partial charge is 0.494 e. The smallest absolute Gasteiger partial charge is 0.307 e. The minimum Gasteiger partial charge on any atom is -0.494 e. The Kier molecular flexibility index (Phi) is 4.50. The van der Waals surface area contributed by atoms with Crippen molar-refractivity contribution in [2.24, 2.45) is 0 Å². The second kappa shape index (κ2) is 7.09. The van der Waals surface area contributed by atoms with Crippen LogP contribution in [0.3, 0.4) is 0 Å². The van der Waals surface area contributed by atoms with E-state index < -0.39 is 0 Å². The van der Waals surface area contributed by atoms with Gasteiger partial charge in [0, 0.05) is 24.1 Å². The standard InChI is InChI=1S/C20H18N2O3S/c23-19-18(26-20(24)22-19)11-13-5-7-16(8-6-13)25-10-9-15-12-14-3-1-2-4-17(14)21-15/h1-8,12,21,23H,9-11H2,(H,22,24). The molecule has 4 aromatic rings. The lowest BCUT2D eigenvalue weighted by Crippen LogP contribution is -2.01. The summed E-state index contributed by atoms with van der Waals surface area (Å²) in [6.45, 7) is 0.590. The molecule has 0 aliphatic heterocycles. The summed E-state index contributed by atoms with van der Waals surface area (Å²) in [6.07, 6.45) is 1.33. The first-order valence-electron chi connectivity index (χ1n) is 8.37. The zero-order valence-electron chi connectivity index (χ0n) is 14.0. The van der Waals surface area contributed by atoms with Gasteiger partial charge in [0.2, 0.25) is 5.88 Å². The van der Waals surface area contributed by atoms with E-state index >= 15 is 0 Å². The number of rotatable bonds is 6. The Balaban J connectivity index is 1.34. The van der Waals surface area contributed by atoms with Crippen molar-refractivity contribution in [2.45, 2.75) is 12.8 Å². The molecular weight excluding hydrogens is 348 g/mol. The quantitative estimate of drug-likeness (QED) is 0.485. The third-order valence-corrected chi connectivity index (χ3v) is 5.09. The van der Waals surface area contributed by atoms with Crippen LogP contribution in [0.25, 0.3) is 10.9 Å². The average molecular weight is 366 g/mol. The van der Waals surface area contributed by atoms with Crippen LogP contribution in [0, 0.1) is 0 Å². The Hall–Kier alpha value is -2.99. The molecular formula is C20H18N2O3S. The van der Waals surface area contributed by atoms with Crippen molar-refractivity contribution in [3.63, 3.8) is 0 Å². The maximum Gasteiger partial charge on any atom is 0.307 e. The maximum absolute atomic E-state index is 11.2. The number of hydrogen-bond acceptors (Lipinski definition) is 4. The van der Waals surface area contributed by atoms with Gasteiger partial charge in [-0.1, -0.05) is 41.7 Å². The van der Waals surface area contributed by atoms with Gasteiger partial charge >= 0.3 is 4.87 Å². The molecule has 2 aromatic carbocycles. The van der Waals surface area contributed by atoms with E-state index in [-0.39, 0.29) is 10.8 Å². The van der Waals surface area contributed by atoms with E-state index in [1.807, 2.05) is 36.4 Å². The minimum atomic E-state index is -0.241. The molecule has 5 nitrogen and oxygen atoms in total. The summed E-state index contributed by atoms with van der Waals surface area (Å²) in [5.74, 6) is 0.759. The summed E-state index contributed by atoms with van der Waals surface area (Å²) < 4.78 is 5.82. The highest BCUT2D eigenvalue weighted by atomic mass is 32.1. The number of ether oxygens (including phenoxy) is 1. The van der Waals surface area contributed by atoms with Crippen LogP contribution in [0.5, 0.6) is 11.6 Å². The molecule has 0 fully saturated rings. The third kappa shape index (κ3) is 3.65. The third-order valence-electron chi connectivity index (χ3n) is 4.21. The topological polar surface area (TPSA) is 78.1 Å². The molecule has 2 heterocycles. The van der Waals surface area contributed by atoms with Crippen molar-refractivity contribution in [3.05, 3.63) is 80.4 Å². The summed E-state index contributed by atoms with van der Waals surface area (Å²) in [5.41, 5.74) is 3.31. The molecule has 0 unspecified atom stereocenters. The normalized spacial score (nSPS) is 11.1. The van der Waals surface area contributed by atoms with Crippen molar-refractivity contribution in [2.75, 3.05) is 6.61 Å². The average Bonchev–Trinajstić information content (AvgIpc) is 3.18. The van der Waals surface area contributed by atoms with Crippen molar-refractivity contribution in [3.8, 4) is 11.6 Å².